The molecule has 0 bridgehead atoms. The number of anilines is 2. The summed E-state index contributed by atoms with van der Waals surface area (Å²) in [4.78, 5) is 12.7. The Bertz CT molecular complexity index is 1420. The maximum Gasteiger partial charge on any atom is 0.256 e. The van der Waals surface area contributed by atoms with Gasteiger partial charge in [-0.25, -0.2) is 9.07 Å². The highest BCUT2D eigenvalue weighted by Gasteiger charge is 2.21. The molecule has 0 aliphatic rings. The van der Waals surface area contributed by atoms with Gasteiger partial charge >= 0.3 is 0 Å². The number of nitrogen functional groups attached to an aromatic ring is 1. The van der Waals surface area contributed by atoms with Gasteiger partial charge in [0.1, 0.15) is 0 Å². The molecule has 168 valence electrons. The van der Waals surface area contributed by atoms with Gasteiger partial charge in [0.15, 0.2) is 5.82 Å². The number of amides is 1. The number of carbonyl (C=O) groups excluding carboxylic acids is 1. The first kappa shape index (κ1) is 21.1. The smallest absolute Gasteiger partial charge is 0.256 e. The highest BCUT2D eigenvalue weighted by molar-refractivity contribution is 6.05. The number of benzene rings is 3. The molecule has 2 heterocycles. The maximum absolute atomic E-state index is 15.0. The second-order valence-corrected chi connectivity index (χ2v) is 7.46. The number of rotatable bonds is 6. The highest BCUT2D eigenvalue weighted by atomic mass is 19.1. The average Bonchev–Trinajstić information content (AvgIpc) is 3.52. The number of hydrogen-bond donors (Lipinski definition) is 2. The predicted molar refractivity (Wildman–Crippen MR) is 125 cm³/mol. The second-order valence-electron chi connectivity index (χ2n) is 7.46. The fourth-order valence-electron chi connectivity index (χ4n) is 3.36. The molecule has 3 N–H and O–H groups in total. The van der Waals surface area contributed by atoms with Crippen LogP contribution in [0.2, 0.25) is 0 Å². The Balaban J connectivity index is 1.28. The van der Waals surface area contributed by atoms with E-state index >= 15 is 0 Å². The predicted octanol–water partition coefficient (Wildman–Crippen LogP) is 4.82. The molecule has 0 spiro atoms. The van der Waals surface area contributed by atoms with Crippen LogP contribution in [0.15, 0.2) is 95.5 Å². The lowest BCUT2D eigenvalue weighted by atomic mass is 10.1. The summed E-state index contributed by atoms with van der Waals surface area (Å²) in [7, 11) is 0. The zero-order valence-electron chi connectivity index (χ0n) is 17.8. The zero-order valence-corrected chi connectivity index (χ0v) is 17.8. The van der Waals surface area contributed by atoms with Gasteiger partial charge in [0.05, 0.1) is 17.6 Å². The lowest BCUT2D eigenvalue weighted by Gasteiger charge is -2.07. The van der Waals surface area contributed by atoms with Gasteiger partial charge in [-0.1, -0.05) is 48.5 Å². The van der Waals surface area contributed by atoms with Crippen LogP contribution < -0.4 is 11.1 Å². The maximum atomic E-state index is 15.0. The van der Waals surface area contributed by atoms with E-state index in [1.54, 1.807) is 23.0 Å². The molecule has 0 saturated carbocycles. The number of aromatic nitrogens is 4. The first-order valence-electron chi connectivity index (χ1n) is 10.4. The zero-order chi connectivity index (χ0) is 23.5. The third-order valence-electron chi connectivity index (χ3n) is 5.14. The molecule has 5 rings (SSSR count). The number of nitrogens with one attached hydrogen (secondary N) is 1. The number of nitrogens with two attached hydrogens (primary N) is 1. The van der Waals surface area contributed by atoms with Crippen molar-refractivity contribution in [2.75, 3.05) is 11.1 Å². The van der Waals surface area contributed by atoms with E-state index in [1.165, 1.54) is 24.3 Å². The summed E-state index contributed by atoms with van der Waals surface area (Å²) in [5.74, 6) is -0.103. The van der Waals surface area contributed by atoms with E-state index in [-0.39, 0.29) is 23.2 Å². The number of hydrogen-bond acceptors (Lipinski definition) is 6. The van der Waals surface area contributed by atoms with Crippen LogP contribution in [-0.2, 0) is 0 Å². The monoisotopic (exact) mass is 454 g/mol. The number of halogens is 1. The van der Waals surface area contributed by atoms with Crippen LogP contribution in [0.3, 0.4) is 0 Å². The molecular formula is C25H19FN6O2. The molecule has 3 aromatic carbocycles. The molecule has 34 heavy (non-hydrogen) atoms. The minimum Gasteiger partial charge on any atom is -0.417 e. The summed E-state index contributed by atoms with van der Waals surface area (Å²) in [5.41, 5.74) is 8.45. The molecule has 8 nitrogen and oxygen atoms in total. The lowest BCUT2D eigenvalue weighted by molar-refractivity contribution is 0.102. The summed E-state index contributed by atoms with van der Waals surface area (Å²) in [6.45, 7) is 0. The molecule has 1 atom stereocenters. The Morgan fingerprint density at radius 3 is 2.32 bits per heavy atom. The molecule has 0 aliphatic carbocycles. The molecule has 9 heteroatoms. The van der Waals surface area contributed by atoms with E-state index < -0.39 is 12.1 Å². The van der Waals surface area contributed by atoms with Crippen LogP contribution in [0.1, 0.15) is 28.0 Å². The van der Waals surface area contributed by atoms with Crippen molar-refractivity contribution in [1.29, 1.82) is 0 Å². The van der Waals surface area contributed by atoms with Gasteiger partial charge in [0, 0.05) is 11.1 Å². The van der Waals surface area contributed by atoms with Crippen molar-refractivity contribution in [2.24, 2.45) is 0 Å². The van der Waals surface area contributed by atoms with E-state index in [1.807, 2.05) is 48.5 Å². The van der Waals surface area contributed by atoms with Crippen molar-refractivity contribution >= 4 is 17.4 Å². The molecule has 1 unspecified atom stereocenters. The molecule has 5 aromatic rings. The Hall–Kier alpha value is -4.79. The number of para-hydroxylation sites is 1. The molecule has 0 radical (unpaired) electrons. The third kappa shape index (κ3) is 4.26. The first-order chi connectivity index (χ1) is 16.6. The lowest BCUT2D eigenvalue weighted by Crippen LogP contribution is -2.13. The molecule has 0 fully saturated rings. The topological polar surface area (TPSA) is 112 Å². The standard InChI is InChI=1S/C25H19FN6O2/c26-21(25-30-29-24(34-25)18-7-3-1-4-8-18)16-11-13-17(14-12-16)23(33)28-22-20(27)15-32(31-22)19-9-5-2-6-10-19/h1-15,21H,27H2,(H,28,31,33). The van der Waals surface area contributed by atoms with Gasteiger partial charge in [0.2, 0.25) is 12.1 Å². The van der Waals surface area contributed by atoms with Crippen molar-refractivity contribution in [3.8, 4) is 17.1 Å². The Kier molecular flexibility index (Phi) is 5.57. The molecular weight excluding hydrogens is 435 g/mol. The van der Waals surface area contributed by atoms with Crippen LogP contribution >= 0.6 is 0 Å². The van der Waals surface area contributed by atoms with Crippen molar-refractivity contribution < 1.29 is 13.6 Å². The Morgan fingerprint density at radius 2 is 1.62 bits per heavy atom. The molecule has 1 amide bonds. The van der Waals surface area contributed by atoms with Crippen LogP contribution in [0.25, 0.3) is 17.1 Å². The van der Waals surface area contributed by atoms with Gasteiger partial charge in [-0.2, -0.15) is 0 Å². The van der Waals surface area contributed by atoms with Crippen LogP contribution in [0.4, 0.5) is 15.9 Å². The van der Waals surface area contributed by atoms with Gasteiger partial charge in [-0.15, -0.1) is 15.3 Å². The normalized spacial score (nSPS) is 11.8. The van der Waals surface area contributed by atoms with Crippen LogP contribution in [-0.4, -0.2) is 25.9 Å². The minimum atomic E-state index is -1.63. The first-order valence-corrected chi connectivity index (χ1v) is 10.4. The minimum absolute atomic E-state index is 0.157. The summed E-state index contributed by atoms with van der Waals surface area (Å²) >= 11 is 0. The Morgan fingerprint density at radius 1 is 0.941 bits per heavy atom. The van der Waals surface area contributed by atoms with E-state index in [0.717, 1.165) is 5.69 Å². The van der Waals surface area contributed by atoms with Crippen molar-refractivity contribution in [3.05, 3.63) is 108 Å². The van der Waals surface area contributed by atoms with Crippen LogP contribution in [0.5, 0.6) is 0 Å². The van der Waals surface area contributed by atoms with E-state index in [4.69, 9.17) is 10.2 Å². The number of alkyl halides is 1. The SMILES string of the molecule is Nc1cn(-c2ccccc2)nc1NC(=O)c1ccc(C(F)c2nnc(-c3ccccc3)o2)cc1. The third-order valence-corrected chi connectivity index (χ3v) is 5.14. The number of carbonyl (C=O) groups is 1. The molecule has 2 aromatic heterocycles. The molecule has 0 saturated heterocycles. The largest absolute Gasteiger partial charge is 0.417 e. The fraction of sp³-hybridized carbons (Fsp3) is 0.0400. The van der Waals surface area contributed by atoms with Gasteiger partial charge in [-0.3, -0.25) is 4.79 Å². The second kappa shape index (κ2) is 8.99. The van der Waals surface area contributed by atoms with Crippen LogP contribution in [0, 0.1) is 0 Å². The van der Waals surface area contributed by atoms with E-state index in [0.29, 0.717) is 16.8 Å². The van der Waals surface area contributed by atoms with Gasteiger partial charge < -0.3 is 15.5 Å². The summed E-state index contributed by atoms with van der Waals surface area (Å²) < 4.78 is 22.0. The van der Waals surface area contributed by atoms with Crippen molar-refractivity contribution in [2.45, 2.75) is 6.17 Å². The summed E-state index contributed by atoms with van der Waals surface area (Å²) in [6, 6.07) is 24.5. The summed E-state index contributed by atoms with van der Waals surface area (Å²) in [6.07, 6.45) is -0.00479. The summed E-state index contributed by atoms with van der Waals surface area (Å²) in [5, 5.41) is 14.8. The van der Waals surface area contributed by atoms with E-state index in [9.17, 15) is 9.18 Å². The average molecular weight is 454 g/mol. The number of nitrogens with zero attached hydrogens (tertiary/aromatic N) is 4. The quantitative estimate of drug-likeness (QED) is 0.381. The van der Waals surface area contributed by atoms with E-state index in [2.05, 4.69) is 20.6 Å². The van der Waals surface area contributed by atoms with Gasteiger partial charge in [-0.05, 0) is 42.0 Å². The van der Waals surface area contributed by atoms with Gasteiger partial charge in [0.25, 0.3) is 11.8 Å². The van der Waals surface area contributed by atoms with Crippen molar-refractivity contribution in [3.63, 3.8) is 0 Å². The molecule has 0 aliphatic heterocycles. The van der Waals surface area contributed by atoms with Crippen molar-refractivity contribution in [1.82, 2.24) is 20.0 Å². The Labute approximate surface area is 193 Å². The highest BCUT2D eigenvalue weighted by Crippen LogP contribution is 2.28. The fourth-order valence-corrected chi connectivity index (χ4v) is 3.36.